The van der Waals surface area contributed by atoms with E-state index in [1.54, 1.807) is 32.0 Å². The molecule has 0 aromatic heterocycles. The summed E-state index contributed by atoms with van der Waals surface area (Å²) in [6.07, 6.45) is 1.12. The van der Waals surface area contributed by atoms with Crippen LogP contribution in [0.3, 0.4) is 0 Å². The van der Waals surface area contributed by atoms with Crippen molar-refractivity contribution in [3.63, 3.8) is 0 Å². The average Bonchev–Trinajstić information content (AvgIpc) is 3.03. The molecule has 0 saturated heterocycles. The van der Waals surface area contributed by atoms with Crippen molar-refractivity contribution in [2.75, 3.05) is 46.1 Å². The number of hydrogen-bond donors (Lipinski definition) is 0. The number of amides is 1. The Morgan fingerprint density at radius 3 is 2.00 bits per heavy atom. The van der Waals surface area contributed by atoms with Crippen LogP contribution in [0.25, 0.3) is 0 Å². The summed E-state index contributed by atoms with van der Waals surface area (Å²) in [5.74, 6) is 2.41. The molecule has 0 spiro atoms. The summed E-state index contributed by atoms with van der Waals surface area (Å²) in [5.41, 5.74) is 3.36. The summed E-state index contributed by atoms with van der Waals surface area (Å²) in [5, 5.41) is 0. The molecule has 4 rings (SSSR count). The van der Waals surface area contributed by atoms with Gasteiger partial charge in [-0.25, -0.2) is 8.42 Å². The standard InChI is InChI=1S/C35H46N2O7S/c1-7-36(8-2)45(39,40)28-15-13-14-27(22-28)35(38)37-19-18-26-23-33(43-11-5)34(44-12-6)24-29(26)30(37)20-25-16-17-31(41-9-3)32(21-25)42-10-4/h13-17,21-24,30H,7-12,18-20H2,1-6H3/t30-/m0/s1. The molecule has 3 aromatic rings. The second-order valence-corrected chi connectivity index (χ2v) is 12.5. The van der Waals surface area contributed by atoms with Gasteiger partial charge >= 0.3 is 0 Å². The third-order valence-corrected chi connectivity index (χ3v) is 9.93. The number of fused-ring (bicyclic) bond motifs is 1. The Labute approximate surface area is 268 Å². The van der Waals surface area contributed by atoms with Crippen LogP contribution in [0.4, 0.5) is 0 Å². The van der Waals surface area contributed by atoms with Gasteiger partial charge in [0.05, 0.1) is 37.4 Å². The maximum atomic E-state index is 14.3. The van der Waals surface area contributed by atoms with E-state index in [-0.39, 0.29) is 16.8 Å². The van der Waals surface area contributed by atoms with Crippen LogP contribution in [-0.4, -0.2) is 69.6 Å². The monoisotopic (exact) mass is 638 g/mol. The van der Waals surface area contributed by atoms with Crippen molar-refractivity contribution in [3.8, 4) is 23.0 Å². The lowest BCUT2D eigenvalue weighted by Crippen LogP contribution is -2.41. The van der Waals surface area contributed by atoms with E-state index in [0.717, 1.165) is 16.7 Å². The molecule has 3 aromatic carbocycles. The minimum Gasteiger partial charge on any atom is -0.490 e. The van der Waals surface area contributed by atoms with E-state index in [0.29, 0.717) is 87.5 Å². The van der Waals surface area contributed by atoms with Gasteiger partial charge in [0, 0.05) is 25.2 Å². The zero-order chi connectivity index (χ0) is 32.6. The van der Waals surface area contributed by atoms with Gasteiger partial charge in [-0.2, -0.15) is 4.31 Å². The van der Waals surface area contributed by atoms with Crippen LogP contribution in [0.15, 0.2) is 59.5 Å². The number of rotatable bonds is 15. The smallest absolute Gasteiger partial charge is 0.254 e. The van der Waals surface area contributed by atoms with Crippen LogP contribution in [0.2, 0.25) is 0 Å². The summed E-state index contributed by atoms with van der Waals surface area (Å²) in [6.45, 7) is 14.5. The molecule has 0 aliphatic carbocycles. The molecular formula is C35H46N2O7S. The van der Waals surface area contributed by atoms with Crippen molar-refractivity contribution in [2.45, 2.75) is 65.3 Å². The summed E-state index contributed by atoms with van der Waals surface area (Å²) in [4.78, 5) is 16.3. The van der Waals surface area contributed by atoms with E-state index in [9.17, 15) is 13.2 Å². The van der Waals surface area contributed by atoms with E-state index >= 15 is 0 Å². The van der Waals surface area contributed by atoms with Crippen molar-refractivity contribution in [2.24, 2.45) is 0 Å². The molecule has 1 atom stereocenters. The molecule has 244 valence electrons. The topological polar surface area (TPSA) is 94.6 Å². The Morgan fingerprint density at radius 1 is 0.778 bits per heavy atom. The third-order valence-electron chi connectivity index (χ3n) is 7.88. The number of ether oxygens (including phenoxy) is 4. The normalized spacial score (nSPS) is 14.6. The molecule has 1 heterocycles. The first kappa shape index (κ1) is 34.1. The fourth-order valence-corrected chi connectivity index (χ4v) is 7.33. The van der Waals surface area contributed by atoms with Crippen LogP contribution in [0.5, 0.6) is 23.0 Å². The van der Waals surface area contributed by atoms with Crippen molar-refractivity contribution < 1.29 is 32.2 Å². The molecule has 0 N–H and O–H groups in total. The molecule has 45 heavy (non-hydrogen) atoms. The Bertz CT molecular complexity index is 1570. The maximum absolute atomic E-state index is 14.3. The first-order valence-corrected chi connectivity index (χ1v) is 17.4. The highest BCUT2D eigenvalue weighted by atomic mass is 32.2. The molecule has 10 heteroatoms. The zero-order valence-electron chi connectivity index (χ0n) is 27.3. The molecule has 1 amide bonds. The maximum Gasteiger partial charge on any atom is 0.254 e. The number of benzene rings is 3. The molecule has 0 unspecified atom stereocenters. The average molecular weight is 639 g/mol. The SMILES string of the molecule is CCOc1ccc(C[C@H]2c3cc(OCC)c(OCC)cc3CCN2C(=O)c2cccc(S(=O)(=O)N(CC)CC)c2)cc1OCC. The molecule has 0 saturated carbocycles. The van der Waals surface area contributed by atoms with Crippen LogP contribution in [0.1, 0.15) is 74.6 Å². The summed E-state index contributed by atoms with van der Waals surface area (Å²) in [6, 6.07) is 15.9. The summed E-state index contributed by atoms with van der Waals surface area (Å²) >= 11 is 0. The first-order chi connectivity index (χ1) is 21.7. The number of carbonyl (C=O) groups excluding carboxylic acids is 1. The van der Waals surface area contributed by atoms with Crippen molar-refractivity contribution in [1.82, 2.24) is 9.21 Å². The first-order valence-electron chi connectivity index (χ1n) is 15.9. The zero-order valence-corrected chi connectivity index (χ0v) is 28.1. The highest BCUT2D eigenvalue weighted by Crippen LogP contribution is 2.41. The highest BCUT2D eigenvalue weighted by molar-refractivity contribution is 7.89. The minimum atomic E-state index is -3.73. The second-order valence-electron chi connectivity index (χ2n) is 10.6. The molecule has 1 aliphatic heterocycles. The molecule has 0 radical (unpaired) electrons. The Balaban J connectivity index is 1.80. The number of hydrogen-bond acceptors (Lipinski definition) is 7. The molecule has 1 aliphatic rings. The van der Waals surface area contributed by atoms with Crippen molar-refractivity contribution in [1.29, 1.82) is 0 Å². The Hall–Kier alpha value is -3.76. The Morgan fingerprint density at radius 2 is 1.38 bits per heavy atom. The second kappa shape index (κ2) is 15.5. The van der Waals surface area contributed by atoms with Crippen LogP contribution < -0.4 is 18.9 Å². The fourth-order valence-electron chi connectivity index (χ4n) is 5.82. The lowest BCUT2D eigenvalue weighted by molar-refractivity contribution is 0.0659. The van der Waals surface area contributed by atoms with Gasteiger partial charge in [0.15, 0.2) is 23.0 Å². The van der Waals surface area contributed by atoms with E-state index < -0.39 is 10.0 Å². The van der Waals surface area contributed by atoms with Gasteiger partial charge in [0.2, 0.25) is 10.0 Å². The molecular weight excluding hydrogens is 592 g/mol. The Kier molecular flexibility index (Phi) is 11.7. The quantitative estimate of drug-likeness (QED) is 0.193. The van der Waals surface area contributed by atoms with Gasteiger partial charge in [-0.05, 0) is 99.7 Å². The molecule has 9 nitrogen and oxygen atoms in total. The lowest BCUT2D eigenvalue weighted by Gasteiger charge is -2.38. The predicted molar refractivity (Wildman–Crippen MR) is 175 cm³/mol. The van der Waals surface area contributed by atoms with E-state index in [1.165, 1.54) is 10.4 Å². The van der Waals surface area contributed by atoms with E-state index in [1.807, 2.05) is 62.9 Å². The van der Waals surface area contributed by atoms with Gasteiger partial charge in [0.25, 0.3) is 5.91 Å². The summed E-state index contributed by atoms with van der Waals surface area (Å²) in [7, 11) is -3.73. The molecule has 0 fully saturated rings. The van der Waals surface area contributed by atoms with Gasteiger partial charge in [-0.3, -0.25) is 4.79 Å². The van der Waals surface area contributed by atoms with Crippen LogP contribution in [-0.2, 0) is 22.9 Å². The predicted octanol–water partition coefficient (Wildman–Crippen LogP) is 6.29. The number of carbonyl (C=O) groups is 1. The summed E-state index contributed by atoms with van der Waals surface area (Å²) < 4.78 is 51.6. The van der Waals surface area contributed by atoms with Crippen LogP contribution >= 0.6 is 0 Å². The van der Waals surface area contributed by atoms with Crippen molar-refractivity contribution in [3.05, 3.63) is 76.9 Å². The van der Waals surface area contributed by atoms with Gasteiger partial charge < -0.3 is 23.8 Å². The van der Waals surface area contributed by atoms with Crippen molar-refractivity contribution >= 4 is 15.9 Å². The van der Waals surface area contributed by atoms with Crippen LogP contribution in [0, 0.1) is 0 Å². The third kappa shape index (κ3) is 7.56. The van der Waals surface area contributed by atoms with Gasteiger partial charge in [-0.15, -0.1) is 0 Å². The molecule has 0 bridgehead atoms. The van der Waals surface area contributed by atoms with E-state index in [2.05, 4.69) is 0 Å². The fraction of sp³-hybridized carbons (Fsp3) is 0.457. The number of nitrogens with zero attached hydrogens (tertiary/aromatic N) is 2. The number of sulfonamides is 1. The minimum absolute atomic E-state index is 0.110. The highest BCUT2D eigenvalue weighted by Gasteiger charge is 2.34. The van der Waals surface area contributed by atoms with Gasteiger partial charge in [0.1, 0.15) is 0 Å². The van der Waals surface area contributed by atoms with E-state index in [4.69, 9.17) is 18.9 Å². The van der Waals surface area contributed by atoms with Gasteiger partial charge in [-0.1, -0.05) is 26.0 Å². The lowest BCUT2D eigenvalue weighted by atomic mass is 9.87. The largest absolute Gasteiger partial charge is 0.490 e.